The maximum Gasteiger partial charge on any atom is 0.165 e. The van der Waals surface area contributed by atoms with E-state index in [1.165, 1.54) is 7.11 Å². The molecule has 1 aromatic rings. The molecule has 0 spiro atoms. The second-order valence-corrected chi connectivity index (χ2v) is 3.90. The Bertz CT molecular complexity index is 330. The second kappa shape index (κ2) is 5.94. The summed E-state index contributed by atoms with van der Waals surface area (Å²) in [6.45, 7) is 2.13. The van der Waals surface area contributed by atoms with Gasteiger partial charge in [0.2, 0.25) is 0 Å². The van der Waals surface area contributed by atoms with Gasteiger partial charge in [0.05, 0.1) is 13.2 Å². The number of aliphatic hydroxyl groups excluding tert-OH is 1. The van der Waals surface area contributed by atoms with Crippen LogP contribution in [0.2, 0.25) is 5.02 Å². The van der Waals surface area contributed by atoms with Crippen LogP contribution in [0, 0.1) is 0 Å². The van der Waals surface area contributed by atoms with E-state index in [-0.39, 0.29) is 6.61 Å². The molecule has 0 amide bonds. The smallest absolute Gasteiger partial charge is 0.165 e. The van der Waals surface area contributed by atoms with Crippen LogP contribution in [0.5, 0.6) is 11.5 Å². The monoisotopic (exact) mass is 245 g/mol. The Morgan fingerprint density at radius 2 is 2.19 bits per heavy atom. The lowest BCUT2D eigenvalue weighted by molar-refractivity contribution is 0.120. The molecule has 3 N–H and O–H groups in total. The fraction of sp³-hybridized carbons (Fsp3) is 0.455. The zero-order valence-corrected chi connectivity index (χ0v) is 10.1. The SMILES string of the molecule is COc1cc(Cl)cc(CN)c1OCC(C)O. The third kappa shape index (κ3) is 3.27. The molecule has 16 heavy (non-hydrogen) atoms. The normalized spacial score (nSPS) is 12.3. The standard InChI is InChI=1S/C11H16ClNO3/c1-7(14)6-16-11-8(5-13)3-9(12)4-10(11)15-2/h3-4,7,14H,5-6,13H2,1-2H3. The lowest BCUT2D eigenvalue weighted by Crippen LogP contribution is -2.15. The Morgan fingerprint density at radius 3 is 2.69 bits per heavy atom. The highest BCUT2D eigenvalue weighted by Gasteiger charge is 2.12. The summed E-state index contributed by atoms with van der Waals surface area (Å²) in [7, 11) is 1.53. The number of benzene rings is 1. The minimum atomic E-state index is -0.550. The van der Waals surface area contributed by atoms with Gasteiger partial charge < -0.3 is 20.3 Å². The van der Waals surface area contributed by atoms with Gasteiger partial charge in [0.1, 0.15) is 6.61 Å². The molecule has 1 aromatic carbocycles. The van der Waals surface area contributed by atoms with Crippen molar-refractivity contribution in [2.24, 2.45) is 5.73 Å². The van der Waals surface area contributed by atoms with E-state index in [9.17, 15) is 5.11 Å². The molecule has 0 fully saturated rings. The number of hydrogen-bond donors (Lipinski definition) is 2. The molecule has 0 aromatic heterocycles. The lowest BCUT2D eigenvalue weighted by atomic mass is 10.2. The molecule has 1 unspecified atom stereocenters. The van der Waals surface area contributed by atoms with Crippen LogP contribution >= 0.6 is 11.6 Å². The van der Waals surface area contributed by atoms with Crippen molar-refractivity contribution in [3.8, 4) is 11.5 Å². The Hall–Kier alpha value is -0.970. The van der Waals surface area contributed by atoms with Gasteiger partial charge in [0.25, 0.3) is 0 Å². The first-order valence-corrected chi connectivity index (χ1v) is 5.33. The van der Waals surface area contributed by atoms with Crippen molar-refractivity contribution in [3.63, 3.8) is 0 Å². The highest BCUT2D eigenvalue weighted by Crippen LogP contribution is 2.34. The molecular formula is C11H16ClNO3. The zero-order chi connectivity index (χ0) is 12.1. The van der Waals surface area contributed by atoms with E-state index in [4.69, 9.17) is 26.8 Å². The molecule has 1 rings (SSSR count). The third-order valence-corrected chi connectivity index (χ3v) is 2.22. The van der Waals surface area contributed by atoms with Crippen LogP contribution in [-0.2, 0) is 6.54 Å². The van der Waals surface area contributed by atoms with Crippen molar-refractivity contribution in [3.05, 3.63) is 22.7 Å². The molecule has 5 heteroatoms. The van der Waals surface area contributed by atoms with Gasteiger partial charge in [-0.2, -0.15) is 0 Å². The summed E-state index contributed by atoms with van der Waals surface area (Å²) in [5.41, 5.74) is 6.35. The molecule has 0 aliphatic heterocycles. The number of hydrogen-bond acceptors (Lipinski definition) is 4. The summed E-state index contributed by atoms with van der Waals surface area (Å²) in [4.78, 5) is 0. The first-order chi connectivity index (χ1) is 7.58. The average Bonchev–Trinajstić information content (AvgIpc) is 2.25. The molecule has 0 aliphatic carbocycles. The van der Waals surface area contributed by atoms with Crippen LogP contribution in [0.25, 0.3) is 0 Å². The van der Waals surface area contributed by atoms with Crippen molar-refractivity contribution < 1.29 is 14.6 Å². The first-order valence-electron chi connectivity index (χ1n) is 4.95. The molecule has 0 bridgehead atoms. The summed E-state index contributed by atoms with van der Waals surface area (Å²) in [6.07, 6.45) is -0.550. The minimum Gasteiger partial charge on any atom is -0.493 e. The number of methoxy groups -OCH3 is 1. The third-order valence-electron chi connectivity index (χ3n) is 2.01. The summed E-state index contributed by atoms with van der Waals surface area (Å²) in [5, 5.41) is 9.72. The van der Waals surface area contributed by atoms with Gasteiger partial charge in [-0.05, 0) is 13.0 Å². The van der Waals surface area contributed by atoms with E-state index >= 15 is 0 Å². The highest BCUT2D eigenvalue weighted by molar-refractivity contribution is 6.30. The van der Waals surface area contributed by atoms with Crippen molar-refractivity contribution >= 4 is 11.6 Å². The molecule has 0 saturated heterocycles. The van der Waals surface area contributed by atoms with Crippen LogP contribution in [0.3, 0.4) is 0 Å². The van der Waals surface area contributed by atoms with E-state index < -0.39 is 6.10 Å². The van der Waals surface area contributed by atoms with E-state index in [0.29, 0.717) is 23.1 Å². The molecule has 4 nitrogen and oxygen atoms in total. The second-order valence-electron chi connectivity index (χ2n) is 3.46. The van der Waals surface area contributed by atoms with E-state index in [2.05, 4.69) is 0 Å². The maximum atomic E-state index is 9.17. The van der Waals surface area contributed by atoms with E-state index in [1.807, 2.05) is 0 Å². The zero-order valence-electron chi connectivity index (χ0n) is 9.37. The predicted molar refractivity (Wildman–Crippen MR) is 63.1 cm³/mol. The lowest BCUT2D eigenvalue weighted by Gasteiger charge is -2.15. The summed E-state index contributed by atoms with van der Waals surface area (Å²) < 4.78 is 10.6. The maximum absolute atomic E-state index is 9.17. The number of aliphatic hydroxyl groups is 1. The van der Waals surface area contributed by atoms with E-state index in [0.717, 1.165) is 5.56 Å². The van der Waals surface area contributed by atoms with Crippen LogP contribution in [0.1, 0.15) is 12.5 Å². The van der Waals surface area contributed by atoms with Crippen LogP contribution in [0.4, 0.5) is 0 Å². The molecule has 0 radical (unpaired) electrons. The van der Waals surface area contributed by atoms with Gasteiger partial charge >= 0.3 is 0 Å². The van der Waals surface area contributed by atoms with E-state index in [1.54, 1.807) is 19.1 Å². The topological polar surface area (TPSA) is 64.7 Å². The Labute approximate surface area is 99.9 Å². The quantitative estimate of drug-likeness (QED) is 0.827. The van der Waals surface area contributed by atoms with Gasteiger partial charge in [-0.25, -0.2) is 0 Å². The summed E-state index contributed by atoms with van der Waals surface area (Å²) >= 11 is 5.90. The molecule has 90 valence electrons. The molecule has 0 heterocycles. The van der Waals surface area contributed by atoms with Gasteiger partial charge in [-0.15, -0.1) is 0 Å². The molecule has 0 aliphatic rings. The van der Waals surface area contributed by atoms with Crippen molar-refractivity contribution in [2.75, 3.05) is 13.7 Å². The Morgan fingerprint density at radius 1 is 1.50 bits per heavy atom. The van der Waals surface area contributed by atoms with Gasteiger partial charge in [0.15, 0.2) is 11.5 Å². The van der Waals surface area contributed by atoms with Crippen molar-refractivity contribution in [1.82, 2.24) is 0 Å². The minimum absolute atomic E-state index is 0.186. The fourth-order valence-corrected chi connectivity index (χ4v) is 1.52. The number of rotatable bonds is 5. The molecule has 0 saturated carbocycles. The number of nitrogens with two attached hydrogens (primary N) is 1. The van der Waals surface area contributed by atoms with Gasteiger partial charge in [0, 0.05) is 23.2 Å². The fourth-order valence-electron chi connectivity index (χ4n) is 1.29. The van der Waals surface area contributed by atoms with Crippen molar-refractivity contribution in [1.29, 1.82) is 0 Å². The average molecular weight is 246 g/mol. The number of ether oxygens (including phenoxy) is 2. The Balaban J connectivity index is 3.02. The largest absolute Gasteiger partial charge is 0.493 e. The van der Waals surface area contributed by atoms with Crippen molar-refractivity contribution in [2.45, 2.75) is 19.6 Å². The van der Waals surface area contributed by atoms with Gasteiger partial charge in [-0.3, -0.25) is 0 Å². The van der Waals surface area contributed by atoms with Crippen LogP contribution in [0.15, 0.2) is 12.1 Å². The predicted octanol–water partition coefficient (Wildman–Crippen LogP) is 1.57. The Kier molecular flexibility index (Phi) is 4.86. The first kappa shape index (κ1) is 13.1. The summed E-state index contributed by atoms with van der Waals surface area (Å²) in [6, 6.07) is 3.37. The molecular weight excluding hydrogens is 230 g/mol. The number of halogens is 1. The van der Waals surface area contributed by atoms with Gasteiger partial charge in [-0.1, -0.05) is 11.6 Å². The van der Waals surface area contributed by atoms with Crippen LogP contribution in [-0.4, -0.2) is 24.9 Å². The highest BCUT2D eigenvalue weighted by atomic mass is 35.5. The molecule has 1 atom stereocenters. The summed E-state index contributed by atoms with van der Waals surface area (Å²) in [5.74, 6) is 1.06. The van der Waals surface area contributed by atoms with Crippen LogP contribution < -0.4 is 15.2 Å².